The minimum Gasteiger partial charge on any atom is -0.497 e. The molecule has 0 fully saturated rings. The maximum atomic E-state index is 13.0. The Bertz CT molecular complexity index is 934. The first-order valence-electron chi connectivity index (χ1n) is 7.86. The molecule has 0 aromatic heterocycles. The van der Waals surface area contributed by atoms with Crippen molar-refractivity contribution in [3.05, 3.63) is 59.8 Å². The first-order chi connectivity index (χ1) is 13.3. The van der Waals surface area contributed by atoms with Gasteiger partial charge in [0.15, 0.2) is 0 Å². The number of ether oxygens (including phenoxy) is 2. The largest absolute Gasteiger partial charge is 0.497 e. The van der Waals surface area contributed by atoms with Gasteiger partial charge in [-0.15, -0.1) is 0 Å². The normalized spacial score (nSPS) is 11.4. The smallest absolute Gasteiger partial charge is 0.418 e. The lowest BCUT2D eigenvalue weighted by atomic mass is 10.1. The molecule has 2 N–H and O–H groups in total. The number of methoxy groups -OCH3 is 2. The molecule has 0 saturated carbocycles. The van der Waals surface area contributed by atoms with E-state index in [0.717, 1.165) is 12.3 Å². The van der Waals surface area contributed by atoms with Crippen LogP contribution in [-0.4, -0.2) is 20.1 Å². The lowest BCUT2D eigenvalue weighted by Crippen LogP contribution is -2.16. The van der Waals surface area contributed by atoms with Crippen LogP contribution in [0.4, 0.5) is 24.5 Å². The highest BCUT2D eigenvalue weighted by molar-refractivity contribution is 6.07. The first-order valence-corrected chi connectivity index (χ1v) is 7.86. The standard InChI is InChI=1S/C19H16F3N3O3/c1-27-13-7-8-17(28-2)16(9-13)25-18(26)12(10-23)11-24-15-6-4-3-5-14(15)19(20,21)22/h3-9,11,24H,1-2H3,(H,25,26)/b12-11-. The maximum absolute atomic E-state index is 13.0. The van der Waals surface area contributed by atoms with Gasteiger partial charge in [-0.3, -0.25) is 4.79 Å². The van der Waals surface area contributed by atoms with Crippen molar-refractivity contribution >= 4 is 17.3 Å². The van der Waals surface area contributed by atoms with Crippen LogP contribution < -0.4 is 20.1 Å². The topological polar surface area (TPSA) is 83.4 Å². The molecule has 2 rings (SSSR count). The number of benzene rings is 2. The Labute approximate surface area is 159 Å². The van der Waals surface area contributed by atoms with Crippen molar-refractivity contribution in [3.63, 3.8) is 0 Å². The number of alkyl halides is 3. The van der Waals surface area contributed by atoms with Gasteiger partial charge in [-0.2, -0.15) is 18.4 Å². The Morgan fingerprint density at radius 1 is 1.11 bits per heavy atom. The number of para-hydroxylation sites is 1. The Morgan fingerprint density at radius 2 is 1.82 bits per heavy atom. The number of amides is 1. The average molecular weight is 391 g/mol. The number of rotatable bonds is 6. The molecule has 0 heterocycles. The molecule has 1 amide bonds. The summed E-state index contributed by atoms with van der Waals surface area (Å²) in [5.41, 5.74) is -1.39. The number of carbonyl (C=O) groups is 1. The molecule has 2 aromatic rings. The second kappa shape index (κ2) is 8.81. The minimum atomic E-state index is -4.58. The van der Waals surface area contributed by atoms with Gasteiger partial charge in [0.2, 0.25) is 0 Å². The molecule has 146 valence electrons. The van der Waals surface area contributed by atoms with Gasteiger partial charge >= 0.3 is 6.18 Å². The lowest BCUT2D eigenvalue weighted by Gasteiger charge is -2.13. The van der Waals surface area contributed by atoms with E-state index in [-0.39, 0.29) is 11.4 Å². The highest BCUT2D eigenvalue weighted by Crippen LogP contribution is 2.34. The number of nitrogens with one attached hydrogen (secondary N) is 2. The van der Waals surface area contributed by atoms with Crippen LogP contribution in [0.2, 0.25) is 0 Å². The van der Waals surface area contributed by atoms with E-state index in [2.05, 4.69) is 10.6 Å². The Balaban J connectivity index is 2.25. The zero-order valence-electron chi connectivity index (χ0n) is 14.9. The second-order valence-electron chi connectivity index (χ2n) is 5.38. The molecule has 0 aliphatic carbocycles. The number of halogens is 3. The van der Waals surface area contributed by atoms with Crippen LogP contribution in [0, 0.1) is 11.3 Å². The van der Waals surface area contributed by atoms with Crippen LogP contribution in [0.15, 0.2) is 54.2 Å². The molecule has 0 aliphatic heterocycles. The van der Waals surface area contributed by atoms with Gasteiger partial charge in [-0.05, 0) is 24.3 Å². The Kier molecular flexibility index (Phi) is 6.50. The van der Waals surface area contributed by atoms with E-state index in [4.69, 9.17) is 9.47 Å². The van der Waals surface area contributed by atoms with Gasteiger partial charge in [0.25, 0.3) is 5.91 Å². The molecule has 0 spiro atoms. The van der Waals surface area contributed by atoms with Gasteiger partial charge < -0.3 is 20.1 Å². The molecular formula is C19H16F3N3O3. The summed E-state index contributed by atoms with van der Waals surface area (Å²) in [5.74, 6) is -0.0660. The summed E-state index contributed by atoms with van der Waals surface area (Å²) in [7, 11) is 2.84. The van der Waals surface area contributed by atoms with Crippen molar-refractivity contribution in [2.45, 2.75) is 6.18 Å². The van der Waals surface area contributed by atoms with Gasteiger partial charge in [-0.1, -0.05) is 12.1 Å². The molecule has 28 heavy (non-hydrogen) atoms. The molecule has 0 atom stereocenters. The first kappa shape index (κ1) is 20.6. The van der Waals surface area contributed by atoms with Gasteiger partial charge in [-0.25, -0.2) is 0 Å². The summed E-state index contributed by atoms with van der Waals surface area (Å²) < 4.78 is 49.3. The fourth-order valence-electron chi connectivity index (χ4n) is 2.26. The Morgan fingerprint density at radius 3 is 2.43 bits per heavy atom. The van der Waals surface area contributed by atoms with Crippen molar-refractivity contribution in [1.82, 2.24) is 0 Å². The highest BCUT2D eigenvalue weighted by atomic mass is 19.4. The van der Waals surface area contributed by atoms with Crippen LogP contribution >= 0.6 is 0 Å². The van der Waals surface area contributed by atoms with Crippen molar-refractivity contribution in [1.29, 1.82) is 5.26 Å². The van der Waals surface area contributed by atoms with Crippen LogP contribution in [0.3, 0.4) is 0 Å². The number of anilines is 2. The molecule has 0 bridgehead atoms. The zero-order valence-corrected chi connectivity index (χ0v) is 14.9. The molecule has 2 aromatic carbocycles. The van der Waals surface area contributed by atoms with E-state index in [1.807, 2.05) is 0 Å². The summed E-state index contributed by atoms with van der Waals surface area (Å²) in [4.78, 5) is 12.4. The van der Waals surface area contributed by atoms with Crippen molar-refractivity contribution in [2.75, 3.05) is 24.9 Å². The lowest BCUT2D eigenvalue weighted by molar-refractivity contribution is -0.136. The number of hydrogen-bond donors (Lipinski definition) is 2. The monoisotopic (exact) mass is 391 g/mol. The van der Waals surface area contributed by atoms with E-state index in [1.54, 1.807) is 18.2 Å². The quantitative estimate of drug-likeness (QED) is 0.570. The SMILES string of the molecule is COc1ccc(OC)c(NC(=O)/C(C#N)=C\Nc2ccccc2C(F)(F)F)c1. The van der Waals surface area contributed by atoms with Crippen molar-refractivity contribution in [3.8, 4) is 17.6 Å². The molecule has 0 saturated heterocycles. The van der Waals surface area contributed by atoms with Crippen LogP contribution in [0.5, 0.6) is 11.5 Å². The highest BCUT2D eigenvalue weighted by Gasteiger charge is 2.33. The number of nitrogens with zero attached hydrogens (tertiary/aromatic N) is 1. The van der Waals surface area contributed by atoms with Crippen molar-refractivity contribution in [2.24, 2.45) is 0 Å². The molecule has 0 unspecified atom stereocenters. The number of nitriles is 1. The van der Waals surface area contributed by atoms with Crippen LogP contribution in [0.1, 0.15) is 5.56 Å². The molecule has 6 nitrogen and oxygen atoms in total. The van der Waals surface area contributed by atoms with Gasteiger partial charge in [0.05, 0.1) is 31.2 Å². The van der Waals surface area contributed by atoms with E-state index < -0.39 is 23.2 Å². The summed E-state index contributed by atoms with van der Waals surface area (Å²) >= 11 is 0. The predicted octanol–water partition coefficient (Wildman–Crippen LogP) is 4.18. The van der Waals surface area contributed by atoms with Crippen molar-refractivity contribution < 1.29 is 27.4 Å². The number of carbonyl (C=O) groups excluding carboxylic acids is 1. The van der Waals surface area contributed by atoms with E-state index >= 15 is 0 Å². The predicted molar refractivity (Wildman–Crippen MR) is 96.9 cm³/mol. The van der Waals surface area contributed by atoms with E-state index in [1.165, 1.54) is 38.5 Å². The fraction of sp³-hybridized carbons (Fsp3) is 0.158. The number of hydrogen-bond acceptors (Lipinski definition) is 5. The molecule has 0 aliphatic rings. The molecule has 0 radical (unpaired) electrons. The molecular weight excluding hydrogens is 375 g/mol. The van der Waals surface area contributed by atoms with E-state index in [9.17, 15) is 23.2 Å². The molecule has 9 heteroatoms. The second-order valence-corrected chi connectivity index (χ2v) is 5.38. The maximum Gasteiger partial charge on any atom is 0.418 e. The summed E-state index contributed by atoms with van der Waals surface area (Å²) in [6.07, 6.45) is -3.67. The van der Waals surface area contributed by atoms with Crippen LogP contribution in [-0.2, 0) is 11.0 Å². The minimum absolute atomic E-state index is 0.240. The fourth-order valence-corrected chi connectivity index (χ4v) is 2.26. The van der Waals surface area contributed by atoms with Gasteiger partial charge in [0.1, 0.15) is 23.1 Å². The third-order valence-corrected chi connectivity index (χ3v) is 3.62. The third-order valence-electron chi connectivity index (χ3n) is 3.62. The van der Waals surface area contributed by atoms with Crippen LogP contribution in [0.25, 0.3) is 0 Å². The summed E-state index contributed by atoms with van der Waals surface area (Å²) in [6, 6.07) is 11.0. The average Bonchev–Trinajstić information content (AvgIpc) is 2.68. The summed E-state index contributed by atoms with van der Waals surface area (Å²) in [6.45, 7) is 0. The van der Waals surface area contributed by atoms with E-state index in [0.29, 0.717) is 11.5 Å². The third kappa shape index (κ3) is 4.94. The summed E-state index contributed by atoms with van der Waals surface area (Å²) in [5, 5.41) is 14.1. The van der Waals surface area contributed by atoms with Gasteiger partial charge in [0, 0.05) is 12.3 Å². The Hall–Kier alpha value is -3.67. The zero-order chi connectivity index (χ0) is 20.7.